The lowest BCUT2D eigenvalue weighted by atomic mass is 9.94. The lowest BCUT2D eigenvalue weighted by Gasteiger charge is -2.14. The van der Waals surface area contributed by atoms with Crippen LogP contribution in [-0.2, 0) is 20.2 Å². The molecule has 0 heterocycles. The summed E-state index contributed by atoms with van der Waals surface area (Å²) in [5, 5.41) is 3.02. The molecule has 122 valence electrons. The van der Waals surface area contributed by atoms with Gasteiger partial charge in [-0.15, -0.1) is 0 Å². The lowest BCUT2D eigenvalue weighted by Crippen LogP contribution is -2.01. The Morgan fingerprint density at radius 1 is 0.542 bits per heavy atom. The van der Waals surface area contributed by atoms with E-state index in [1.165, 1.54) is 12.1 Å². The fraction of sp³-hybridized carbons (Fsp3) is 0. The standard InChI is InChI=1S/C16H10O6S2/c17-23(18,19)13-8-4-10-2-6-12-14(24(20,21)22)7-3-9-1-5-11(13)16(10)15(9)12/h1-8H,(H,17,18,19)(H,20,21,22). The summed E-state index contributed by atoms with van der Waals surface area (Å²) in [5.41, 5.74) is 0. The summed E-state index contributed by atoms with van der Waals surface area (Å²) in [4.78, 5) is -0.497. The van der Waals surface area contributed by atoms with Crippen LogP contribution >= 0.6 is 0 Å². The average Bonchev–Trinajstić information content (AvgIpc) is 2.50. The van der Waals surface area contributed by atoms with E-state index in [-0.39, 0.29) is 9.79 Å². The zero-order chi connectivity index (χ0) is 17.3. The first-order valence-corrected chi connectivity index (χ1v) is 9.71. The highest BCUT2D eigenvalue weighted by Gasteiger charge is 2.21. The van der Waals surface area contributed by atoms with Gasteiger partial charge in [0.25, 0.3) is 20.2 Å². The van der Waals surface area contributed by atoms with E-state index in [0.717, 1.165) is 0 Å². The maximum atomic E-state index is 11.6. The normalized spacial score (nSPS) is 13.2. The summed E-state index contributed by atoms with van der Waals surface area (Å²) in [7, 11) is -8.87. The summed E-state index contributed by atoms with van der Waals surface area (Å²) in [6.45, 7) is 0. The molecule has 4 aromatic carbocycles. The van der Waals surface area contributed by atoms with Crippen molar-refractivity contribution in [1.82, 2.24) is 0 Å². The van der Waals surface area contributed by atoms with Crippen LogP contribution < -0.4 is 0 Å². The summed E-state index contributed by atoms with van der Waals surface area (Å²) < 4.78 is 65.4. The van der Waals surface area contributed by atoms with Gasteiger partial charge in [0.1, 0.15) is 9.79 Å². The van der Waals surface area contributed by atoms with Crippen LogP contribution in [-0.4, -0.2) is 25.9 Å². The van der Waals surface area contributed by atoms with E-state index in [0.29, 0.717) is 32.3 Å². The Morgan fingerprint density at radius 3 is 1.21 bits per heavy atom. The Balaban J connectivity index is 2.35. The predicted molar refractivity (Wildman–Crippen MR) is 89.8 cm³/mol. The average molecular weight is 362 g/mol. The van der Waals surface area contributed by atoms with Crippen molar-refractivity contribution in [2.24, 2.45) is 0 Å². The van der Waals surface area contributed by atoms with E-state index in [9.17, 15) is 25.9 Å². The first-order valence-electron chi connectivity index (χ1n) is 6.83. The van der Waals surface area contributed by atoms with Crippen LogP contribution in [0.4, 0.5) is 0 Å². The molecule has 2 N–H and O–H groups in total. The Bertz CT molecular complexity index is 1230. The van der Waals surface area contributed by atoms with Crippen LogP contribution in [0.1, 0.15) is 0 Å². The molecular weight excluding hydrogens is 352 g/mol. The van der Waals surface area contributed by atoms with Gasteiger partial charge in [-0.3, -0.25) is 9.11 Å². The molecule has 0 bridgehead atoms. The van der Waals surface area contributed by atoms with Crippen molar-refractivity contribution in [3.8, 4) is 0 Å². The van der Waals surface area contributed by atoms with E-state index < -0.39 is 20.2 Å². The molecule has 0 amide bonds. The van der Waals surface area contributed by atoms with Crippen molar-refractivity contribution in [3.63, 3.8) is 0 Å². The van der Waals surface area contributed by atoms with Crippen molar-refractivity contribution in [2.45, 2.75) is 9.79 Å². The van der Waals surface area contributed by atoms with Gasteiger partial charge in [-0.2, -0.15) is 16.8 Å². The molecule has 8 heteroatoms. The second-order valence-corrected chi connectivity index (χ2v) is 8.28. The van der Waals surface area contributed by atoms with Gasteiger partial charge in [-0.05, 0) is 33.7 Å². The lowest BCUT2D eigenvalue weighted by molar-refractivity contribution is 0.482. The molecule has 0 radical (unpaired) electrons. The quantitative estimate of drug-likeness (QED) is 0.419. The molecule has 4 rings (SSSR count). The number of benzene rings is 4. The zero-order valence-corrected chi connectivity index (χ0v) is 13.6. The predicted octanol–water partition coefficient (Wildman–Crippen LogP) is 3.08. The van der Waals surface area contributed by atoms with Crippen molar-refractivity contribution in [2.75, 3.05) is 0 Å². The highest BCUT2D eigenvalue weighted by atomic mass is 32.2. The van der Waals surface area contributed by atoms with Crippen LogP contribution in [0.3, 0.4) is 0 Å². The minimum Gasteiger partial charge on any atom is -0.282 e. The fourth-order valence-electron chi connectivity index (χ4n) is 3.20. The summed E-state index contributed by atoms with van der Waals surface area (Å²) in [5.74, 6) is 0. The molecule has 0 aliphatic carbocycles. The van der Waals surface area contributed by atoms with Gasteiger partial charge in [-0.1, -0.05) is 36.4 Å². The third-order valence-corrected chi connectivity index (χ3v) is 5.96. The molecule has 0 unspecified atom stereocenters. The minimum atomic E-state index is -4.43. The molecule has 0 atom stereocenters. The van der Waals surface area contributed by atoms with Crippen molar-refractivity contribution >= 4 is 52.6 Å². The smallest absolute Gasteiger partial charge is 0.282 e. The van der Waals surface area contributed by atoms with Gasteiger partial charge in [-0.25, -0.2) is 0 Å². The summed E-state index contributed by atoms with van der Waals surface area (Å²) >= 11 is 0. The van der Waals surface area contributed by atoms with E-state index in [1.807, 2.05) is 0 Å². The first-order chi connectivity index (χ1) is 11.2. The molecule has 0 aliphatic rings. The van der Waals surface area contributed by atoms with Crippen LogP contribution in [0.2, 0.25) is 0 Å². The van der Waals surface area contributed by atoms with Crippen molar-refractivity contribution < 1.29 is 25.9 Å². The number of hydrogen-bond donors (Lipinski definition) is 2. The number of rotatable bonds is 2. The fourth-order valence-corrected chi connectivity index (χ4v) is 4.57. The van der Waals surface area contributed by atoms with Crippen LogP contribution in [0, 0.1) is 0 Å². The van der Waals surface area contributed by atoms with Gasteiger partial charge < -0.3 is 0 Å². The molecule has 0 aliphatic heterocycles. The van der Waals surface area contributed by atoms with Gasteiger partial charge >= 0.3 is 0 Å². The van der Waals surface area contributed by atoms with E-state index >= 15 is 0 Å². The first kappa shape index (κ1) is 15.3. The highest BCUT2D eigenvalue weighted by Crippen LogP contribution is 2.39. The topological polar surface area (TPSA) is 109 Å². The molecule has 0 saturated carbocycles. The summed E-state index contributed by atoms with van der Waals surface area (Å²) in [6.07, 6.45) is 0. The third kappa shape index (κ3) is 2.08. The van der Waals surface area contributed by atoms with Gasteiger partial charge in [0.15, 0.2) is 0 Å². The van der Waals surface area contributed by atoms with E-state index in [2.05, 4.69) is 0 Å². The molecule has 24 heavy (non-hydrogen) atoms. The Kier molecular flexibility index (Phi) is 2.95. The molecule has 0 saturated heterocycles. The van der Waals surface area contributed by atoms with E-state index in [4.69, 9.17) is 0 Å². The van der Waals surface area contributed by atoms with Crippen LogP contribution in [0.15, 0.2) is 58.3 Å². The SMILES string of the molecule is O=S(=O)(O)c1ccc2ccc3c(S(=O)(=O)O)ccc4ccc1c2c43. The second kappa shape index (κ2) is 4.64. The second-order valence-electron chi connectivity index (χ2n) is 5.50. The third-order valence-electron chi connectivity index (χ3n) is 4.14. The summed E-state index contributed by atoms with van der Waals surface area (Å²) in [6, 6.07) is 12.1. The van der Waals surface area contributed by atoms with Gasteiger partial charge in [0, 0.05) is 10.8 Å². The van der Waals surface area contributed by atoms with Gasteiger partial charge in [0.2, 0.25) is 0 Å². The minimum absolute atomic E-state index is 0.248. The van der Waals surface area contributed by atoms with E-state index in [1.54, 1.807) is 36.4 Å². The van der Waals surface area contributed by atoms with Crippen LogP contribution in [0.25, 0.3) is 32.3 Å². The highest BCUT2D eigenvalue weighted by molar-refractivity contribution is 7.86. The Labute approximate surface area is 137 Å². The molecule has 6 nitrogen and oxygen atoms in total. The Morgan fingerprint density at radius 2 is 0.875 bits per heavy atom. The largest absolute Gasteiger partial charge is 0.295 e. The molecule has 4 aromatic rings. The Hall–Kier alpha value is -2.26. The van der Waals surface area contributed by atoms with Crippen molar-refractivity contribution in [3.05, 3.63) is 48.5 Å². The maximum absolute atomic E-state index is 11.6. The van der Waals surface area contributed by atoms with Crippen LogP contribution in [0.5, 0.6) is 0 Å². The van der Waals surface area contributed by atoms with Crippen molar-refractivity contribution in [1.29, 1.82) is 0 Å². The molecule has 0 aromatic heterocycles. The molecular formula is C16H10O6S2. The molecule has 0 spiro atoms. The maximum Gasteiger partial charge on any atom is 0.295 e. The zero-order valence-electron chi connectivity index (χ0n) is 12.0. The molecule has 0 fully saturated rings. The monoisotopic (exact) mass is 362 g/mol. The number of hydrogen-bond acceptors (Lipinski definition) is 4. The van der Waals surface area contributed by atoms with Gasteiger partial charge in [0.05, 0.1) is 0 Å².